The van der Waals surface area contributed by atoms with Crippen molar-refractivity contribution < 1.29 is 4.79 Å². The van der Waals surface area contributed by atoms with E-state index in [4.69, 9.17) is 11.6 Å². The van der Waals surface area contributed by atoms with Crippen LogP contribution in [0, 0.1) is 11.3 Å². The SMILES string of the molecule is CN1C(=O)/C(=C/c2cn(Cc3ccccc3C#N)c3ccccc23)SC1=Nc1ccc(Br)c(Cl)c1. The third-order valence-corrected chi connectivity index (χ3v) is 8.01. The average molecular weight is 562 g/mol. The van der Waals surface area contributed by atoms with Crippen molar-refractivity contribution in [3.05, 3.63) is 104 Å². The zero-order valence-electron chi connectivity index (χ0n) is 18.6. The summed E-state index contributed by atoms with van der Waals surface area (Å²) in [5, 5.41) is 11.7. The number of carbonyl (C=O) groups excluding carboxylic acids is 1. The lowest BCUT2D eigenvalue weighted by molar-refractivity contribution is -0.121. The van der Waals surface area contributed by atoms with Crippen LogP contribution >= 0.6 is 39.3 Å². The van der Waals surface area contributed by atoms with E-state index in [1.807, 2.05) is 72.9 Å². The maximum atomic E-state index is 13.0. The molecule has 0 atom stereocenters. The first kappa shape index (κ1) is 23.4. The van der Waals surface area contributed by atoms with E-state index in [0.717, 1.165) is 26.5 Å². The number of halogens is 2. The van der Waals surface area contributed by atoms with Crippen molar-refractivity contribution >= 4 is 73.0 Å². The van der Waals surface area contributed by atoms with Gasteiger partial charge < -0.3 is 4.57 Å². The molecular formula is C27H18BrClN4OS. The first-order valence-electron chi connectivity index (χ1n) is 10.7. The molecule has 1 aliphatic rings. The fraction of sp³-hybridized carbons (Fsp3) is 0.0741. The number of fused-ring (bicyclic) bond motifs is 1. The third-order valence-electron chi connectivity index (χ3n) is 5.72. The Labute approximate surface area is 220 Å². The minimum atomic E-state index is -0.108. The second-order valence-electron chi connectivity index (χ2n) is 7.97. The molecule has 1 aromatic heterocycles. The van der Waals surface area contributed by atoms with Crippen molar-refractivity contribution in [2.75, 3.05) is 7.05 Å². The molecule has 1 aliphatic heterocycles. The van der Waals surface area contributed by atoms with Crippen LogP contribution in [0.25, 0.3) is 17.0 Å². The second kappa shape index (κ2) is 9.74. The first-order chi connectivity index (χ1) is 16.9. The van der Waals surface area contributed by atoms with Gasteiger partial charge in [0.05, 0.1) is 27.2 Å². The van der Waals surface area contributed by atoms with E-state index in [-0.39, 0.29) is 5.91 Å². The Morgan fingerprint density at radius 1 is 1.14 bits per heavy atom. The number of para-hydroxylation sites is 1. The van der Waals surface area contributed by atoms with Crippen LogP contribution < -0.4 is 0 Å². The topological polar surface area (TPSA) is 61.4 Å². The number of hydrogen-bond acceptors (Lipinski definition) is 4. The van der Waals surface area contributed by atoms with E-state index < -0.39 is 0 Å². The Morgan fingerprint density at radius 3 is 2.71 bits per heavy atom. The molecule has 3 aromatic carbocycles. The summed E-state index contributed by atoms with van der Waals surface area (Å²) >= 11 is 10.9. The van der Waals surface area contributed by atoms with Crippen LogP contribution in [0.5, 0.6) is 0 Å². The summed E-state index contributed by atoms with van der Waals surface area (Å²) in [5.41, 5.74) is 4.25. The number of amidine groups is 1. The van der Waals surface area contributed by atoms with Crippen LogP contribution in [0.1, 0.15) is 16.7 Å². The van der Waals surface area contributed by atoms with E-state index in [9.17, 15) is 10.1 Å². The average Bonchev–Trinajstić information content (AvgIpc) is 3.34. The van der Waals surface area contributed by atoms with Gasteiger partial charge in [-0.05, 0) is 69.7 Å². The minimum Gasteiger partial charge on any atom is -0.342 e. The van der Waals surface area contributed by atoms with Gasteiger partial charge in [0.25, 0.3) is 5.91 Å². The number of likely N-dealkylation sites (N-methyl/N-ethyl adjacent to an activating group) is 1. The molecule has 1 amide bonds. The van der Waals surface area contributed by atoms with Crippen LogP contribution in [0.15, 0.2) is 87.3 Å². The molecule has 35 heavy (non-hydrogen) atoms. The van der Waals surface area contributed by atoms with E-state index in [2.05, 4.69) is 31.6 Å². The molecule has 1 fully saturated rings. The number of aliphatic imine (C=N–C) groups is 1. The quantitative estimate of drug-likeness (QED) is 0.247. The van der Waals surface area contributed by atoms with Crippen molar-refractivity contribution in [1.82, 2.24) is 9.47 Å². The molecule has 5 rings (SSSR count). The standard InChI is InChI=1S/C27H18BrClN4OS/c1-32-26(34)25(35-27(32)31-20-10-11-22(28)23(29)13-20)12-19-16-33(24-9-5-4-8-21(19)24)15-18-7-3-2-6-17(18)14-30/h2-13,16H,15H2,1H3/b25-12-,31-27?. The van der Waals surface area contributed by atoms with Crippen LogP contribution in [-0.2, 0) is 11.3 Å². The number of thioether (sulfide) groups is 1. The van der Waals surface area contributed by atoms with E-state index >= 15 is 0 Å². The monoisotopic (exact) mass is 560 g/mol. The Balaban J connectivity index is 1.51. The highest BCUT2D eigenvalue weighted by molar-refractivity contribution is 9.10. The second-order valence-corrected chi connectivity index (χ2v) is 10.2. The van der Waals surface area contributed by atoms with Gasteiger partial charge in [0.2, 0.25) is 0 Å². The Morgan fingerprint density at radius 2 is 1.91 bits per heavy atom. The zero-order chi connectivity index (χ0) is 24.5. The van der Waals surface area contributed by atoms with Crippen molar-refractivity contribution in [3.8, 4) is 6.07 Å². The fourth-order valence-electron chi connectivity index (χ4n) is 3.93. The number of amides is 1. The summed E-state index contributed by atoms with van der Waals surface area (Å²) in [6.07, 6.45) is 3.94. The molecule has 0 radical (unpaired) electrons. The van der Waals surface area contributed by atoms with Crippen molar-refractivity contribution in [2.24, 2.45) is 4.99 Å². The lowest BCUT2D eigenvalue weighted by Gasteiger charge is -2.07. The Kier molecular flexibility index (Phi) is 6.52. The summed E-state index contributed by atoms with van der Waals surface area (Å²) in [5.74, 6) is -0.108. The normalized spacial score (nSPS) is 15.9. The zero-order valence-corrected chi connectivity index (χ0v) is 21.7. The van der Waals surface area contributed by atoms with Gasteiger partial charge in [0, 0.05) is 40.7 Å². The largest absolute Gasteiger partial charge is 0.342 e. The molecule has 2 heterocycles. The van der Waals surface area contributed by atoms with Crippen LogP contribution in [0.4, 0.5) is 5.69 Å². The summed E-state index contributed by atoms with van der Waals surface area (Å²) < 4.78 is 2.91. The Hall–Kier alpha value is -3.31. The van der Waals surface area contributed by atoms with Gasteiger partial charge in [0.1, 0.15) is 0 Å². The van der Waals surface area contributed by atoms with Crippen LogP contribution in [0.2, 0.25) is 5.02 Å². The number of rotatable bonds is 4. The van der Waals surface area contributed by atoms with Gasteiger partial charge in [0.15, 0.2) is 5.17 Å². The fourth-order valence-corrected chi connectivity index (χ4v) is 5.33. The van der Waals surface area contributed by atoms with E-state index in [0.29, 0.717) is 32.9 Å². The molecule has 0 unspecified atom stereocenters. The molecule has 0 spiro atoms. The number of nitriles is 1. The molecule has 8 heteroatoms. The van der Waals surface area contributed by atoms with Gasteiger partial charge >= 0.3 is 0 Å². The first-order valence-corrected chi connectivity index (χ1v) is 12.7. The summed E-state index contributed by atoms with van der Waals surface area (Å²) in [6.45, 7) is 0.561. The predicted molar refractivity (Wildman–Crippen MR) is 147 cm³/mol. The number of hydrogen-bond donors (Lipinski definition) is 0. The highest BCUT2D eigenvalue weighted by atomic mass is 79.9. The molecule has 0 aliphatic carbocycles. The molecule has 0 bridgehead atoms. The highest BCUT2D eigenvalue weighted by Crippen LogP contribution is 2.36. The highest BCUT2D eigenvalue weighted by Gasteiger charge is 2.30. The van der Waals surface area contributed by atoms with Crippen LogP contribution in [-0.4, -0.2) is 27.6 Å². The van der Waals surface area contributed by atoms with Gasteiger partial charge in [-0.1, -0.05) is 48.0 Å². The molecule has 172 valence electrons. The van der Waals surface area contributed by atoms with Crippen molar-refractivity contribution in [2.45, 2.75) is 6.54 Å². The molecule has 0 N–H and O–H groups in total. The maximum absolute atomic E-state index is 13.0. The molecular weight excluding hydrogens is 544 g/mol. The van der Waals surface area contributed by atoms with E-state index in [1.165, 1.54) is 11.8 Å². The smallest absolute Gasteiger partial charge is 0.266 e. The molecule has 1 saturated heterocycles. The number of aromatic nitrogens is 1. The van der Waals surface area contributed by atoms with Gasteiger partial charge in [-0.15, -0.1) is 0 Å². The lowest BCUT2D eigenvalue weighted by Crippen LogP contribution is -2.23. The lowest BCUT2D eigenvalue weighted by atomic mass is 10.1. The summed E-state index contributed by atoms with van der Waals surface area (Å²) in [7, 11) is 1.72. The predicted octanol–water partition coefficient (Wildman–Crippen LogP) is 7.21. The number of benzene rings is 3. The summed E-state index contributed by atoms with van der Waals surface area (Å²) in [6, 6.07) is 23.4. The van der Waals surface area contributed by atoms with Gasteiger partial charge in [-0.25, -0.2) is 4.99 Å². The molecule has 5 nitrogen and oxygen atoms in total. The molecule has 4 aromatic rings. The third kappa shape index (κ3) is 4.65. The maximum Gasteiger partial charge on any atom is 0.266 e. The van der Waals surface area contributed by atoms with Gasteiger partial charge in [-0.3, -0.25) is 9.69 Å². The van der Waals surface area contributed by atoms with E-state index in [1.54, 1.807) is 18.0 Å². The molecule has 0 saturated carbocycles. The minimum absolute atomic E-state index is 0.108. The Bertz CT molecular complexity index is 1580. The number of carbonyl (C=O) groups is 1. The summed E-state index contributed by atoms with van der Waals surface area (Å²) in [4.78, 5) is 19.8. The van der Waals surface area contributed by atoms with Crippen molar-refractivity contribution in [1.29, 1.82) is 5.26 Å². The number of nitrogens with zero attached hydrogens (tertiary/aromatic N) is 4. The van der Waals surface area contributed by atoms with Gasteiger partial charge in [-0.2, -0.15) is 5.26 Å². The van der Waals surface area contributed by atoms with Crippen molar-refractivity contribution in [3.63, 3.8) is 0 Å². The van der Waals surface area contributed by atoms with Crippen LogP contribution in [0.3, 0.4) is 0 Å².